The van der Waals surface area contributed by atoms with Crippen molar-refractivity contribution in [1.82, 2.24) is 5.32 Å². The molecular weight excluding hydrogens is 839 g/mol. The molecule has 68 heavy (non-hydrogen) atoms. The van der Waals surface area contributed by atoms with Gasteiger partial charge in [0.1, 0.15) is 0 Å². The van der Waals surface area contributed by atoms with Crippen LogP contribution in [0, 0.1) is 0 Å². The van der Waals surface area contributed by atoms with E-state index in [1.807, 2.05) is 6.08 Å². The van der Waals surface area contributed by atoms with Gasteiger partial charge in [0.05, 0.1) is 25.4 Å². The van der Waals surface area contributed by atoms with Crippen LogP contribution in [0.1, 0.15) is 335 Å². The summed E-state index contributed by atoms with van der Waals surface area (Å²) in [6.45, 7) is 4.89. The van der Waals surface area contributed by atoms with Crippen LogP contribution >= 0.6 is 0 Å². The van der Waals surface area contributed by atoms with Crippen LogP contribution in [0.2, 0.25) is 0 Å². The van der Waals surface area contributed by atoms with Crippen molar-refractivity contribution >= 4 is 11.9 Å². The molecule has 0 heterocycles. The van der Waals surface area contributed by atoms with Gasteiger partial charge >= 0.3 is 5.97 Å². The fraction of sp³-hybridized carbons (Fsp3) is 0.903. The molecule has 0 aliphatic rings. The molecule has 1 amide bonds. The molecular formula is C62H119NO5. The Kier molecular flexibility index (Phi) is 56.5. The molecule has 0 aromatic carbocycles. The third-order valence-electron chi connectivity index (χ3n) is 14.2. The molecule has 0 fully saturated rings. The Morgan fingerprint density at radius 1 is 0.397 bits per heavy atom. The number of amides is 1. The third-order valence-corrected chi connectivity index (χ3v) is 14.2. The Morgan fingerprint density at radius 3 is 1.04 bits per heavy atom. The lowest BCUT2D eigenvalue weighted by Crippen LogP contribution is -2.45. The van der Waals surface area contributed by atoms with Crippen LogP contribution in [0.5, 0.6) is 0 Å². The Morgan fingerprint density at radius 2 is 0.691 bits per heavy atom. The van der Waals surface area contributed by atoms with Crippen LogP contribution in [0.4, 0.5) is 0 Å². The first kappa shape index (κ1) is 66.3. The number of aliphatic hydroxyl groups excluding tert-OH is 2. The van der Waals surface area contributed by atoms with Crippen molar-refractivity contribution in [2.75, 3.05) is 13.2 Å². The minimum Gasteiger partial charge on any atom is -0.466 e. The minimum absolute atomic E-state index is 0.00837. The van der Waals surface area contributed by atoms with Crippen molar-refractivity contribution in [3.05, 3.63) is 24.3 Å². The van der Waals surface area contributed by atoms with Gasteiger partial charge in [-0.3, -0.25) is 9.59 Å². The smallest absolute Gasteiger partial charge is 0.305 e. The predicted molar refractivity (Wildman–Crippen MR) is 296 cm³/mol. The predicted octanol–water partition coefficient (Wildman–Crippen LogP) is 19.0. The van der Waals surface area contributed by atoms with Gasteiger partial charge in [-0.1, -0.05) is 289 Å². The van der Waals surface area contributed by atoms with Gasteiger partial charge in [0, 0.05) is 12.8 Å². The van der Waals surface area contributed by atoms with Crippen LogP contribution in [-0.2, 0) is 14.3 Å². The molecule has 0 radical (unpaired) electrons. The molecule has 0 saturated carbocycles. The van der Waals surface area contributed by atoms with E-state index in [4.69, 9.17) is 4.74 Å². The van der Waals surface area contributed by atoms with Crippen LogP contribution in [0.25, 0.3) is 0 Å². The highest BCUT2D eigenvalue weighted by Crippen LogP contribution is 2.18. The molecule has 0 spiro atoms. The maximum atomic E-state index is 12.4. The van der Waals surface area contributed by atoms with Crippen LogP contribution < -0.4 is 5.32 Å². The summed E-state index contributed by atoms with van der Waals surface area (Å²) in [5, 5.41) is 23.0. The highest BCUT2D eigenvalue weighted by atomic mass is 16.5. The van der Waals surface area contributed by atoms with E-state index in [0.29, 0.717) is 19.4 Å². The highest BCUT2D eigenvalue weighted by Gasteiger charge is 2.18. The van der Waals surface area contributed by atoms with Gasteiger partial charge in [-0.05, 0) is 57.8 Å². The van der Waals surface area contributed by atoms with Gasteiger partial charge < -0.3 is 20.3 Å². The van der Waals surface area contributed by atoms with E-state index < -0.39 is 12.1 Å². The normalized spacial score (nSPS) is 12.7. The summed E-state index contributed by atoms with van der Waals surface area (Å²) in [6.07, 6.45) is 70.8. The molecule has 3 N–H and O–H groups in total. The lowest BCUT2D eigenvalue weighted by atomic mass is 10.0. The zero-order valence-electron chi connectivity index (χ0n) is 45.9. The van der Waals surface area contributed by atoms with Gasteiger partial charge in [-0.25, -0.2) is 0 Å². The van der Waals surface area contributed by atoms with Gasteiger partial charge in [0.2, 0.25) is 5.91 Å². The molecule has 0 aliphatic heterocycles. The molecule has 2 unspecified atom stereocenters. The van der Waals surface area contributed by atoms with E-state index in [-0.39, 0.29) is 18.5 Å². The van der Waals surface area contributed by atoms with Crippen LogP contribution in [-0.4, -0.2) is 47.4 Å². The fourth-order valence-electron chi connectivity index (χ4n) is 9.51. The first-order valence-electron chi connectivity index (χ1n) is 30.6. The van der Waals surface area contributed by atoms with Gasteiger partial charge in [0.25, 0.3) is 0 Å². The summed E-state index contributed by atoms with van der Waals surface area (Å²) in [5.74, 6) is -0.0578. The molecule has 2 atom stereocenters. The molecule has 0 aromatic rings. The largest absolute Gasteiger partial charge is 0.466 e. The van der Waals surface area contributed by atoms with E-state index in [2.05, 4.69) is 31.3 Å². The number of unbranched alkanes of at least 4 members (excludes halogenated alkanes) is 44. The SMILES string of the molecule is CCCCCCC/C=C\CCCCCCCC(=O)OCCCCCCCCCCCCCCCCCCCCCCCCCCCCC(=O)NC(CO)C(O)/C=C/CCCCCCCCCCC. The monoisotopic (exact) mass is 958 g/mol. The second-order valence-electron chi connectivity index (χ2n) is 21.0. The van der Waals surface area contributed by atoms with E-state index in [9.17, 15) is 19.8 Å². The summed E-state index contributed by atoms with van der Waals surface area (Å²) in [4.78, 5) is 24.5. The first-order valence-corrected chi connectivity index (χ1v) is 30.6. The fourth-order valence-corrected chi connectivity index (χ4v) is 9.51. The molecule has 402 valence electrons. The highest BCUT2D eigenvalue weighted by molar-refractivity contribution is 5.76. The number of ether oxygens (including phenoxy) is 1. The molecule has 0 saturated heterocycles. The Balaban J connectivity index is 3.35. The van der Waals surface area contributed by atoms with E-state index in [0.717, 1.165) is 44.9 Å². The number of aliphatic hydroxyl groups is 2. The first-order chi connectivity index (χ1) is 33.5. The molecule has 0 aromatic heterocycles. The van der Waals surface area contributed by atoms with Gasteiger partial charge in [-0.2, -0.15) is 0 Å². The lowest BCUT2D eigenvalue weighted by molar-refractivity contribution is -0.143. The average molecular weight is 959 g/mol. The standard InChI is InChI=1S/C62H119NO5/c1-3-5-7-9-11-13-15-16-32-36-40-44-48-52-56-62(67)68-57-53-49-45-41-37-33-30-28-26-24-22-20-18-17-19-21-23-25-27-29-31-35-39-43-47-51-55-61(66)63-59(58-64)60(65)54-50-46-42-38-34-14-12-10-8-6-4-2/h15-16,50,54,59-60,64-65H,3-14,17-49,51-53,55-58H2,1-2H3,(H,63,66)/b16-15-,54-50+. The molecule has 6 heteroatoms. The number of rotatable bonds is 57. The summed E-state index contributed by atoms with van der Waals surface area (Å²) in [5.41, 5.74) is 0. The Bertz CT molecular complexity index is 1060. The van der Waals surface area contributed by atoms with Crippen molar-refractivity contribution in [2.24, 2.45) is 0 Å². The topological polar surface area (TPSA) is 95.9 Å². The maximum Gasteiger partial charge on any atom is 0.305 e. The number of allylic oxidation sites excluding steroid dienone is 3. The van der Waals surface area contributed by atoms with E-state index >= 15 is 0 Å². The Hall–Kier alpha value is -1.66. The van der Waals surface area contributed by atoms with E-state index in [1.165, 1.54) is 263 Å². The average Bonchev–Trinajstić information content (AvgIpc) is 3.34. The number of hydrogen-bond acceptors (Lipinski definition) is 5. The van der Waals surface area contributed by atoms with Crippen LogP contribution in [0.15, 0.2) is 24.3 Å². The van der Waals surface area contributed by atoms with Crippen molar-refractivity contribution in [3.63, 3.8) is 0 Å². The van der Waals surface area contributed by atoms with Crippen molar-refractivity contribution in [2.45, 2.75) is 347 Å². The number of carbonyl (C=O) groups excluding carboxylic acids is 2. The summed E-state index contributed by atoms with van der Waals surface area (Å²) >= 11 is 0. The zero-order chi connectivity index (χ0) is 49.3. The quantitative estimate of drug-likeness (QED) is 0.0321. The van der Waals surface area contributed by atoms with Crippen molar-refractivity contribution in [1.29, 1.82) is 0 Å². The number of carbonyl (C=O) groups is 2. The summed E-state index contributed by atoms with van der Waals surface area (Å²) < 4.78 is 5.48. The van der Waals surface area contributed by atoms with Crippen molar-refractivity contribution in [3.8, 4) is 0 Å². The molecule has 0 bridgehead atoms. The lowest BCUT2D eigenvalue weighted by Gasteiger charge is -2.20. The number of nitrogens with one attached hydrogen (secondary N) is 1. The third kappa shape index (κ3) is 53.7. The summed E-state index contributed by atoms with van der Waals surface area (Å²) in [7, 11) is 0. The van der Waals surface area contributed by atoms with Gasteiger partial charge in [-0.15, -0.1) is 0 Å². The minimum atomic E-state index is -0.841. The molecule has 6 nitrogen and oxygen atoms in total. The molecule has 0 aliphatic carbocycles. The summed E-state index contributed by atoms with van der Waals surface area (Å²) in [6, 6.07) is -0.624. The maximum absolute atomic E-state index is 12.4. The Labute approximate surface area is 424 Å². The second kappa shape index (κ2) is 57.9. The number of esters is 1. The number of hydrogen-bond donors (Lipinski definition) is 3. The van der Waals surface area contributed by atoms with Crippen molar-refractivity contribution < 1.29 is 24.5 Å². The zero-order valence-corrected chi connectivity index (χ0v) is 45.9. The van der Waals surface area contributed by atoms with Gasteiger partial charge in [0.15, 0.2) is 0 Å². The second-order valence-corrected chi connectivity index (χ2v) is 21.0. The van der Waals surface area contributed by atoms with Crippen LogP contribution in [0.3, 0.4) is 0 Å². The molecule has 0 rings (SSSR count). The van der Waals surface area contributed by atoms with E-state index in [1.54, 1.807) is 6.08 Å².